The van der Waals surface area contributed by atoms with Crippen LogP contribution in [0.25, 0.3) is 0 Å². The van der Waals surface area contributed by atoms with Crippen LogP contribution >= 0.6 is 12.2 Å². The fraction of sp³-hybridized carbons (Fsp3) is 0.643. The minimum atomic E-state index is -0.539. The molecule has 0 unspecified atom stereocenters. The van der Waals surface area contributed by atoms with Crippen molar-refractivity contribution in [3.63, 3.8) is 0 Å². The summed E-state index contributed by atoms with van der Waals surface area (Å²) in [7, 11) is 2.89. The average molecular weight is 324 g/mol. The zero-order valence-electron chi connectivity index (χ0n) is 13.0. The minimum Gasteiger partial charge on any atom is -0.361 e. The monoisotopic (exact) mass is 324 g/mol. The van der Waals surface area contributed by atoms with Crippen LogP contribution in [-0.4, -0.2) is 58.7 Å². The van der Waals surface area contributed by atoms with Gasteiger partial charge in [0.05, 0.1) is 14.1 Å². The van der Waals surface area contributed by atoms with Gasteiger partial charge in [-0.05, 0) is 31.0 Å². The quantitative estimate of drug-likeness (QED) is 0.569. The van der Waals surface area contributed by atoms with Crippen LogP contribution in [-0.2, 0) is 4.79 Å². The Morgan fingerprint density at radius 3 is 2.68 bits per heavy atom. The highest BCUT2D eigenvalue weighted by Gasteiger charge is 2.39. The molecule has 7 nitrogen and oxygen atoms in total. The largest absolute Gasteiger partial charge is 0.445 e. The fourth-order valence-corrected chi connectivity index (χ4v) is 2.89. The van der Waals surface area contributed by atoms with E-state index in [1.165, 1.54) is 50.8 Å². The summed E-state index contributed by atoms with van der Waals surface area (Å²) in [6.07, 6.45) is 6.20. The zero-order chi connectivity index (χ0) is 16.3. The Morgan fingerprint density at radius 2 is 2.05 bits per heavy atom. The van der Waals surface area contributed by atoms with Crippen LogP contribution in [0.5, 0.6) is 0 Å². The summed E-state index contributed by atoms with van der Waals surface area (Å²) in [6.45, 7) is 0.758. The Hall–Kier alpha value is -1.83. The molecule has 1 heterocycles. The number of urea groups is 1. The van der Waals surface area contributed by atoms with Crippen LogP contribution in [0.1, 0.15) is 32.1 Å². The minimum absolute atomic E-state index is 0.00532. The number of rotatable bonds is 2. The predicted octanol–water partition coefficient (Wildman–Crippen LogP) is 0.474. The molecule has 0 atom stereocenters. The van der Waals surface area contributed by atoms with Gasteiger partial charge >= 0.3 is 11.9 Å². The van der Waals surface area contributed by atoms with Crippen molar-refractivity contribution >= 4 is 40.8 Å². The van der Waals surface area contributed by atoms with Gasteiger partial charge in [0.15, 0.2) is 5.11 Å². The number of imide groups is 1. The number of amidine groups is 1. The van der Waals surface area contributed by atoms with Crippen LogP contribution in [0.2, 0.25) is 0 Å². The first kappa shape index (κ1) is 16.5. The molecule has 1 aliphatic heterocycles. The summed E-state index contributed by atoms with van der Waals surface area (Å²) < 4.78 is 1.18. The molecule has 0 aromatic carbocycles. The second-order valence-corrected chi connectivity index (χ2v) is 6.13. The molecular formula is C14H22N5O2S+. The van der Waals surface area contributed by atoms with Crippen molar-refractivity contribution in [2.75, 3.05) is 20.6 Å². The third-order valence-electron chi connectivity index (χ3n) is 4.17. The molecule has 22 heavy (non-hydrogen) atoms. The van der Waals surface area contributed by atoms with Crippen LogP contribution in [0, 0.1) is 5.92 Å². The van der Waals surface area contributed by atoms with Crippen molar-refractivity contribution in [2.24, 2.45) is 16.6 Å². The van der Waals surface area contributed by atoms with E-state index >= 15 is 0 Å². The smallest absolute Gasteiger partial charge is 0.361 e. The van der Waals surface area contributed by atoms with E-state index in [9.17, 15) is 9.59 Å². The van der Waals surface area contributed by atoms with Crippen molar-refractivity contribution in [3.8, 4) is 0 Å². The molecule has 120 valence electrons. The maximum absolute atomic E-state index is 12.1. The molecule has 1 saturated carbocycles. The van der Waals surface area contributed by atoms with E-state index in [0.717, 1.165) is 11.4 Å². The van der Waals surface area contributed by atoms with Gasteiger partial charge in [-0.3, -0.25) is 0 Å². The lowest BCUT2D eigenvalue weighted by atomic mass is 9.89. The highest BCUT2D eigenvalue weighted by Crippen LogP contribution is 2.22. The topological polar surface area (TPSA) is 90.8 Å². The van der Waals surface area contributed by atoms with Crippen LogP contribution in [0.15, 0.2) is 4.99 Å². The van der Waals surface area contributed by atoms with Crippen molar-refractivity contribution in [1.29, 1.82) is 0 Å². The molecule has 2 rings (SSSR count). The van der Waals surface area contributed by atoms with Gasteiger partial charge in [0.25, 0.3) is 5.84 Å². The standard InChI is InChI=1S/C14H21N5O2S/c1-18-11(15)10(12(20)19(2)14(18)21)17-13(22)16-8-9-6-4-3-5-7-9/h9,15H,3-8H2,1-2H3,(H,16,22)/p+1/b17-10-. The Balaban J connectivity index is 2.05. The molecule has 0 spiro atoms. The molecule has 0 bridgehead atoms. The van der Waals surface area contributed by atoms with Gasteiger partial charge < -0.3 is 11.1 Å². The summed E-state index contributed by atoms with van der Waals surface area (Å²) in [5, 5.41) is 3.31. The lowest BCUT2D eigenvalue weighted by Gasteiger charge is -2.22. The van der Waals surface area contributed by atoms with E-state index in [0.29, 0.717) is 5.92 Å². The van der Waals surface area contributed by atoms with E-state index in [4.69, 9.17) is 18.0 Å². The number of amides is 3. The summed E-state index contributed by atoms with van der Waals surface area (Å²) in [4.78, 5) is 28.9. The van der Waals surface area contributed by atoms with Crippen molar-refractivity contribution < 1.29 is 14.2 Å². The van der Waals surface area contributed by atoms with E-state index in [1.54, 1.807) is 0 Å². The first-order valence-electron chi connectivity index (χ1n) is 7.47. The molecular weight excluding hydrogens is 302 g/mol. The number of carbonyl (C=O) groups is 2. The number of hydrogen-bond acceptors (Lipinski definition) is 4. The predicted molar refractivity (Wildman–Crippen MR) is 88.2 cm³/mol. The molecule has 0 radical (unpaired) electrons. The van der Waals surface area contributed by atoms with Crippen molar-refractivity contribution in [3.05, 3.63) is 0 Å². The molecule has 2 aliphatic rings. The van der Waals surface area contributed by atoms with Crippen LogP contribution in [0.4, 0.5) is 4.79 Å². The first-order valence-corrected chi connectivity index (χ1v) is 7.87. The number of hydrogen-bond donors (Lipinski definition) is 2. The van der Waals surface area contributed by atoms with Gasteiger partial charge in [0, 0.05) is 6.54 Å². The second-order valence-electron chi connectivity index (χ2n) is 5.74. The van der Waals surface area contributed by atoms with Crippen molar-refractivity contribution in [2.45, 2.75) is 32.1 Å². The van der Waals surface area contributed by atoms with Crippen LogP contribution < -0.4 is 11.1 Å². The normalized spacial score (nSPS) is 22.5. The number of aliphatic imine (C=N–C) groups is 1. The van der Waals surface area contributed by atoms with Crippen LogP contribution in [0.3, 0.4) is 0 Å². The van der Waals surface area contributed by atoms with Gasteiger partial charge in [-0.1, -0.05) is 19.3 Å². The third kappa shape index (κ3) is 3.49. The highest BCUT2D eigenvalue weighted by molar-refractivity contribution is 7.80. The Morgan fingerprint density at radius 1 is 1.41 bits per heavy atom. The maximum atomic E-state index is 12.1. The van der Waals surface area contributed by atoms with E-state index in [-0.39, 0.29) is 16.7 Å². The molecule has 8 heteroatoms. The Bertz CT molecular complexity index is 564. The SMILES string of the molecule is CN1C(=O)/C(=N\C(=S)NCC2CCCCC2)C(N)=[N+](C)C1=O. The van der Waals surface area contributed by atoms with Crippen molar-refractivity contribution in [1.82, 2.24) is 10.2 Å². The zero-order valence-corrected chi connectivity index (χ0v) is 13.8. The Labute approximate surface area is 135 Å². The summed E-state index contributed by atoms with van der Waals surface area (Å²) in [5.74, 6) is 0.0829. The summed E-state index contributed by atoms with van der Waals surface area (Å²) in [5.41, 5.74) is 5.81. The first-order chi connectivity index (χ1) is 10.4. The summed E-state index contributed by atoms with van der Waals surface area (Å²) in [6, 6.07) is -0.484. The van der Waals surface area contributed by atoms with Gasteiger partial charge in [-0.2, -0.15) is 9.48 Å². The maximum Gasteiger partial charge on any atom is 0.445 e. The fourth-order valence-electron chi connectivity index (χ4n) is 2.71. The van der Waals surface area contributed by atoms with Gasteiger partial charge in [-0.15, -0.1) is 0 Å². The van der Waals surface area contributed by atoms with E-state index in [2.05, 4.69) is 10.3 Å². The molecule has 3 N–H and O–H groups in total. The van der Waals surface area contributed by atoms with E-state index < -0.39 is 11.9 Å². The lowest BCUT2D eigenvalue weighted by Crippen LogP contribution is -2.55. The molecule has 0 saturated heterocycles. The number of carbonyl (C=O) groups excluding carboxylic acids is 2. The third-order valence-corrected chi connectivity index (χ3v) is 4.40. The molecule has 1 aliphatic carbocycles. The van der Waals surface area contributed by atoms with Gasteiger partial charge in [-0.25, -0.2) is 14.6 Å². The number of nitrogens with zero attached hydrogens (tertiary/aromatic N) is 3. The van der Waals surface area contributed by atoms with Gasteiger partial charge in [0.1, 0.15) is 0 Å². The molecule has 0 aromatic rings. The lowest BCUT2D eigenvalue weighted by molar-refractivity contribution is -0.401. The number of nitrogens with one attached hydrogen (secondary N) is 1. The average Bonchev–Trinajstić information content (AvgIpc) is 2.54. The van der Waals surface area contributed by atoms with E-state index in [1.807, 2.05) is 0 Å². The highest BCUT2D eigenvalue weighted by atomic mass is 32.1. The number of nitrogens with two attached hydrogens (primary N) is 1. The number of thiocarbonyl (C=S) groups is 1. The van der Waals surface area contributed by atoms with Gasteiger partial charge in [0.2, 0.25) is 5.71 Å². The molecule has 0 aromatic heterocycles. The molecule has 1 fully saturated rings. The second kappa shape index (κ2) is 6.95. The Kier molecular flexibility index (Phi) is 5.23. The molecule has 3 amide bonds. The summed E-state index contributed by atoms with van der Waals surface area (Å²) >= 11 is 5.17.